The van der Waals surface area contributed by atoms with Gasteiger partial charge in [-0.05, 0) is 55.5 Å². The van der Waals surface area contributed by atoms with Gasteiger partial charge in [0.05, 0.1) is 22.2 Å². The van der Waals surface area contributed by atoms with E-state index in [1.807, 2.05) is 6.07 Å². The van der Waals surface area contributed by atoms with E-state index in [9.17, 15) is 8.42 Å². The first-order valence-corrected chi connectivity index (χ1v) is 7.81. The van der Waals surface area contributed by atoms with Gasteiger partial charge in [-0.15, -0.1) is 0 Å². The summed E-state index contributed by atoms with van der Waals surface area (Å²) in [5.74, 6) is 0. The van der Waals surface area contributed by atoms with Crippen LogP contribution in [-0.2, 0) is 10.0 Å². The van der Waals surface area contributed by atoms with Crippen molar-refractivity contribution in [2.24, 2.45) is 0 Å². The molecule has 0 fully saturated rings. The van der Waals surface area contributed by atoms with E-state index in [-0.39, 0.29) is 4.90 Å². The van der Waals surface area contributed by atoms with E-state index < -0.39 is 10.0 Å². The molecule has 21 heavy (non-hydrogen) atoms. The number of anilines is 2. The number of nitrogen functional groups attached to an aromatic ring is 1. The van der Waals surface area contributed by atoms with Crippen molar-refractivity contribution >= 4 is 21.4 Å². The third-order valence-corrected chi connectivity index (χ3v) is 4.96. The molecule has 6 heteroatoms. The zero-order valence-electron chi connectivity index (χ0n) is 11.5. The largest absolute Gasteiger partial charge is 0.399 e. The SMILES string of the molecule is CCN(c1ccc(N)cc1)S(=O)(=O)c1ccc(C#N)cc1. The van der Waals surface area contributed by atoms with E-state index in [1.54, 1.807) is 31.2 Å². The van der Waals surface area contributed by atoms with E-state index in [0.29, 0.717) is 23.5 Å². The highest BCUT2D eigenvalue weighted by molar-refractivity contribution is 7.92. The maximum atomic E-state index is 12.7. The van der Waals surface area contributed by atoms with E-state index in [0.717, 1.165) is 0 Å². The second kappa shape index (κ2) is 5.85. The van der Waals surface area contributed by atoms with Gasteiger partial charge in [0, 0.05) is 12.2 Å². The Morgan fingerprint density at radius 2 is 1.67 bits per heavy atom. The number of hydrogen-bond acceptors (Lipinski definition) is 4. The first-order valence-electron chi connectivity index (χ1n) is 6.37. The summed E-state index contributed by atoms with van der Waals surface area (Å²) in [7, 11) is -3.66. The molecule has 0 aromatic heterocycles. The molecule has 0 unspecified atom stereocenters. The topological polar surface area (TPSA) is 87.2 Å². The molecule has 5 nitrogen and oxygen atoms in total. The Morgan fingerprint density at radius 1 is 1.10 bits per heavy atom. The van der Waals surface area contributed by atoms with Crippen LogP contribution in [0.5, 0.6) is 0 Å². The van der Waals surface area contributed by atoms with Crippen molar-refractivity contribution in [3.05, 3.63) is 54.1 Å². The molecule has 0 atom stereocenters. The monoisotopic (exact) mass is 301 g/mol. The van der Waals surface area contributed by atoms with Gasteiger partial charge in [-0.3, -0.25) is 4.31 Å². The minimum Gasteiger partial charge on any atom is -0.399 e. The van der Waals surface area contributed by atoms with Gasteiger partial charge in [0.2, 0.25) is 0 Å². The van der Waals surface area contributed by atoms with Crippen LogP contribution in [0.25, 0.3) is 0 Å². The minimum atomic E-state index is -3.66. The van der Waals surface area contributed by atoms with Crippen LogP contribution in [0.4, 0.5) is 11.4 Å². The Morgan fingerprint density at radius 3 is 2.14 bits per heavy atom. The van der Waals surface area contributed by atoms with E-state index in [4.69, 9.17) is 11.0 Å². The van der Waals surface area contributed by atoms with Crippen molar-refractivity contribution < 1.29 is 8.42 Å². The number of hydrogen-bond donors (Lipinski definition) is 1. The second-order valence-electron chi connectivity index (χ2n) is 4.40. The summed E-state index contributed by atoms with van der Waals surface area (Å²) >= 11 is 0. The maximum absolute atomic E-state index is 12.7. The molecule has 0 aliphatic rings. The highest BCUT2D eigenvalue weighted by Crippen LogP contribution is 2.24. The number of nitrogens with zero attached hydrogens (tertiary/aromatic N) is 2. The van der Waals surface area contributed by atoms with Crippen LogP contribution in [0.1, 0.15) is 12.5 Å². The summed E-state index contributed by atoms with van der Waals surface area (Å²) in [6.45, 7) is 2.06. The molecule has 0 saturated carbocycles. The standard InChI is InChI=1S/C15H15N3O2S/c1-2-18(14-7-5-13(17)6-8-14)21(19,20)15-9-3-12(11-16)4-10-15/h3-10H,2,17H2,1H3. The second-order valence-corrected chi connectivity index (χ2v) is 6.26. The van der Waals surface area contributed by atoms with Crippen molar-refractivity contribution in [2.75, 3.05) is 16.6 Å². The zero-order chi connectivity index (χ0) is 15.5. The van der Waals surface area contributed by atoms with Crippen LogP contribution in [0.2, 0.25) is 0 Å². The average Bonchev–Trinajstić information content (AvgIpc) is 2.50. The fraction of sp³-hybridized carbons (Fsp3) is 0.133. The van der Waals surface area contributed by atoms with E-state index >= 15 is 0 Å². The van der Waals surface area contributed by atoms with Gasteiger partial charge in [-0.2, -0.15) is 5.26 Å². The molecule has 0 amide bonds. The third kappa shape index (κ3) is 2.98. The Bertz CT molecular complexity index is 760. The Labute approximate surface area is 124 Å². The predicted molar refractivity (Wildman–Crippen MR) is 82.2 cm³/mol. The lowest BCUT2D eigenvalue weighted by Gasteiger charge is -2.23. The molecule has 0 saturated heterocycles. The van der Waals surface area contributed by atoms with Gasteiger partial charge in [-0.25, -0.2) is 8.42 Å². The Kier molecular flexibility index (Phi) is 4.15. The molecular formula is C15H15N3O2S. The predicted octanol–water partition coefficient (Wildman–Crippen LogP) is 2.36. The van der Waals surface area contributed by atoms with Crippen molar-refractivity contribution in [3.8, 4) is 6.07 Å². The molecule has 0 aliphatic heterocycles. The smallest absolute Gasteiger partial charge is 0.264 e. The summed E-state index contributed by atoms with van der Waals surface area (Å²) in [4.78, 5) is 0.153. The van der Waals surface area contributed by atoms with Gasteiger partial charge >= 0.3 is 0 Å². The van der Waals surface area contributed by atoms with Gasteiger partial charge in [0.1, 0.15) is 0 Å². The molecule has 2 rings (SSSR count). The quantitative estimate of drug-likeness (QED) is 0.878. The molecule has 0 aliphatic carbocycles. The lowest BCUT2D eigenvalue weighted by Crippen LogP contribution is -2.30. The summed E-state index contributed by atoms with van der Waals surface area (Å²) < 4.78 is 26.6. The normalized spacial score (nSPS) is 10.9. The highest BCUT2D eigenvalue weighted by atomic mass is 32.2. The van der Waals surface area contributed by atoms with Gasteiger partial charge < -0.3 is 5.73 Å². The van der Waals surface area contributed by atoms with Crippen molar-refractivity contribution in [3.63, 3.8) is 0 Å². The number of benzene rings is 2. The van der Waals surface area contributed by atoms with Crippen LogP contribution in [0.3, 0.4) is 0 Å². The van der Waals surface area contributed by atoms with Crippen molar-refractivity contribution in [2.45, 2.75) is 11.8 Å². The van der Waals surface area contributed by atoms with Crippen LogP contribution in [-0.4, -0.2) is 15.0 Å². The van der Waals surface area contributed by atoms with Gasteiger partial charge in [-0.1, -0.05) is 0 Å². The third-order valence-electron chi connectivity index (χ3n) is 3.04. The van der Waals surface area contributed by atoms with Crippen molar-refractivity contribution in [1.29, 1.82) is 5.26 Å². The number of rotatable bonds is 4. The molecule has 0 heterocycles. The molecule has 0 spiro atoms. The number of nitriles is 1. The van der Waals surface area contributed by atoms with Crippen LogP contribution in [0.15, 0.2) is 53.4 Å². The summed E-state index contributed by atoms with van der Waals surface area (Å²) in [6.07, 6.45) is 0. The number of nitrogens with two attached hydrogens (primary N) is 1. The number of sulfonamides is 1. The molecule has 108 valence electrons. The first kappa shape index (κ1) is 14.9. The van der Waals surface area contributed by atoms with Crippen LogP contribution < -0.4 is 10.0 Å². The van der Waals surface area contributed by atoms with Crippen molar-refractivity contribution in [1.82, 2.24) is 0 Å². The molecule has 0 radical (unpaired) electrons. The zero-order valence-corrected chi connectivity index (χ0v) is 12.3. The van der Waals surface area contributed by atoms with Gasteiger partial charge in [0.25, 0.3) is 10.0 Å². The summed E-state index contributed by atoms with van der Waals surface area (Å²) in [5, 5.41) is 8.77. The Balaban J connectivity index is 2.44. The molecule has 0 bridgehead atoms. The van der Waals surface area contributed by atoms with E-state index in [1.165, 1.54) is 28.6 Å². The van der Waals surface area contributed by atoms with Crippen LogP contribution in [0, 0.1) is 11.3 Å². The van der Waals surface area contributed by atoms with Gasteiger partial charge in [0.15, 0.2) is 0 Å². The van der Waals surface area contributed by atoms with E-state index in [2.05, 4.69) is 0 Å². The fourth-order valence-corrected chi connectivity index (χ4v) is 3.43. The average molecular weight is 301 g/mol. The summed E-state index contributed by atoms with van der Waals surface area (Å²) in [6, 6.07) is 14.5. The highest BCUT2D eigenvalue weighted by Gasteiger charge is 2.23. The Hall–Kier alpha value is -2.52. The lowest BCUT2D eigenvalue weighted by molar-refractivity contribution is 0.592. The fourth-order valence-electron chi connectivity index (χ4n) is 1.96. The summed E-state index contributed by atoms with van der Waals surface area (Å²) in [5.41, 5.74) is 7.17. The lowest BCUT2D eigenvalue weighted by atomic mass is 10.2. The first-order chi connectivity index (χ1) is 9.98. The van der Waals surface area contributed by atoms with Crippen LogP contribution >= 0.6 is 0 Å². The maximum Gasteiger partial charge on any atom is 0.264 e. The molecule has 2 aromatic carbocycles. The minimum absolute atomic E-state index is 0.153. The molecule has 2 N–H and O–H groups in total. The molecular weight excluding hydrogens is 286 g/mol. The molecule has 2 aromatic rings.